The van der Waals surface area contributed by atoms with Gasteiger partial charge in [-0.15, -0.1) is 0 Å². The third-order valence-corrected chi connectivity index (χ3v) is 7.98. The van der Waals surface area contributed by atoms with Gasteiger partial charge in [-0.05, 0) is 49.7 Å². The number of likely N-dealkylation sites (N-methyl/N-ethyl adjacent to an activating group) is 1. The number of nitrogens with zero attached hydrogens (tertiary/aromatic N) is 3. The lowest BCUT2D eigenvalue weighted by atomic mass is 9.76. The van der Waals surface area contributed by atoms with Gasteiger partial charge < -0.3 is 9.80 Å². The van der Waals surface area contributed by atoms with Crippen molar-refractivity contribution in [3.8, 4) is 0 Å². The van der Waals surface area contributed by atoms with Crippen LogP contribution in [0, 0.1) is 11.8 Å². The largest absolute Gasteiger partial charge is 0.338 e. The topological polar surface area (TPSA) is 87.5 Å². The Kier molecular flexibility index (Phi) is 5.73. The van der Waals surface area contributed by atoms with E-state index in [1.54, 1.807) is 24.5 Å². The van der Waals surface area contributed by atoms with Gasteiger partial charge in [-0.25, -0.2) is 0 Å². The molecule has 1 aromatic heterocycles. The van der Waals surface area contributed by atoms with Crippen molar-refractivity contribution in [3.63, 3.8) is 0 Å². The SMILES string of the molecule is CN1C(=O)[C@](CCC2CCCCC2)(C[C@H]2CCN(C(=O)c3ccncc3)C2)NC2NC21. The van der Waals surface area contributed by atoms with E-state index < -0.39 is 5.54 Å². The molecule has 4 fully saturated rings. The van der Waals surface area contributed by atoms with E-state index in [0.717, 1.165) is 44.7 Å². The minimum Gasteiger partial charge on any atom is -0.338 e. The summed E-state index contributed by atoms with van der Waals surface area (Å²) in [5, 5.41) is 7.11. The van der Waals surface area contributed by atoms with Gasteiger partial charge in [0, 0.05) is 38.1 Å². The molecule has 3 aliphatic heterocycles. The molecule has 1 saturated carbocycles. The molecule has 4 aliphatic rings. The lowest BCUT2D eigenvalue weighted by Gasteiger charge is -2.42. The number of fused-ring (bicyclic) bond motifs is 1. The lowest BCUT2D eigenvalue weighted by molar-refractivity contribution is -0.141. The number of likely N-dealkylation sites (tertiary alicyclic amines) is 1. The zero-order valence-corrected chi connectivity index (χ0v) is 18.6. The summed E-state index contributed by atoms with van der Waals surface area (Å²) in [6, 6.07) is 3.56. The number of carbonyl (C=O) groups excluding carboxylic acids is 2. The van der Waals surface area contributed by atoms with Crippen LogP contribution in [0.1, 0.15) is 68.1 Å². The van der Waals surface area contributed by atoms with E-state index >= 15 is 0 Å². The van der Waals surface area contributed by atoms with Crippen LogP contribution in [0.3, 0.4) is 0 Å². The molecule has 4 heterocycles. The predicted molar refractivity (Wildman–Crippen MR) is 118 cm³/mol. The number of amides is 2. The van der Waals surface area contributed by atoms with Gasteiger partial charge in [0.1, 0.15) is 6.17 Å². The molecule has 0 aromatic carbocycles. The van der Waals surface area contributed by atoms with Crippen molar-refractivity contribution in [2.75, 3.05) is 20.1 Å². The quantitative estimate of drug-likeness (QED) is 0.683. The minimum absolute atomic E-state index is 0.0742. The summed E-state index contributed by atoms with van der Waals surface area (Å²) in [6.07, 6.45) is 14.1. The van der Waals surface area contributed by atoms with E-state index in [4.69, 9.17) is 0 Å². The van der Waals surface area contributed by atoms with Crippen molar-refractivity contribution in [1.29, 1.82) is 0 Å². The summed E-state index contributed by atoms with van der Waals surface area (Å²) in [4.78, 5) is 34.3. The Morgan fingerprint density at radius 1 is 1.16 bits per heavy atom. The molecule has 31 heavy (non-hydrogen) atoms. The van der Waals surface area contributed by atoms with Crippen LogP contribution < -0.4 is 10.6 Å². The van der Waals surface area contributed by atoms with E-state index in [1.165, 1.54) is 32.1 Å². The molecule has 7 nitrogen and oxygen atoms in total. The molecular formula is C24H35N5O2. The molecule has 1 aliphatic carbocycles. The van der Waals surface area contributed by atoms with Crippen molar-refractivity contribution >= 4 is 11.8 Å². The predicted octanol–water partition coefficient (Wildman–Crippen LogP) is 2.35. The monoisotopic (exact) mass is 425 g/mol. The van der Waals surface area contributed by atoms with Crippen LogP contribution in [0.4, 0.5) is 0 Å². The highest BCUT2D eigenvalue weighted by atomic mass is 16.2. The smallest absolute Gasteiger partial charge is 0.253 e. The van der Waals surface area contributed by atoms with E-state index in [-0.39, 0.29) is 24.1 Å². The summed E-state index contributed by atoms with van der Waals surface area (Å²) in [5.41, 5.74) is 0.191. The van der Waals surface area contributed by atoms with E-state index in [0.29, 0.717) is 11.5 Å². The fraction of sp³-hybridized carbons (Fsp3) is 0.708. The van der Waals surface area contributed by atoms with Crippen LogP contribution in [-0.2, 0) is 4.79 Å². The van der Waals surface area contributed by atoms with E-state index in [2.05, 4.69) is 15.6 Å². The summed E-state index contributed by atoms with van der Waals surface area (Å²) in [5.74, 6) is 1.40. The Hall–Kier alpha value is -1.99. The maximum Gasteiger partial charge on any atom is 0.253 e. The number of pyridine rings is 1. The number of aromatic nitrogens is 1. The molecule has 0 spiro atoms. The Labute approximate surface area is 185 Å². The van der Waals surface area contributed by atoms with Crippen molar-refractivity contribution in [2.24, 2.45) is 11.8 Å². The summed E-state index contributed by atoms with van der Waals surface area (Å²) in [7, 11) is 1.93. The fourth-order valence-corrected chi connectivity index (χ4v) is 6.12. The van der Waals surface area contributed by atoms with Gasteiger partial charge in [-0.1, -0.05) is 32.1 Å². The Balaban J connectivity index is 1.27. The second kappa shape index (κ2) is 8.51. The van der Waals surface area contributed by atoms with Crippen LogP contribution in [0.15, 0.2) is 24.5 Å². The normalized spacial score (nSPS) is 33.5. The van der Waals surface area contributed by atoms with Crippen molar-refractivity contribution < 1.29 is 9.59 Å². The summed E-state index contributed by atoms with van der Waals surface area (Å²) in [6.45, 7) is 1.49. The molecule has 5 rings (SSSR count). The summed E-state index contributed by atoms with van der Waals surface area (Å²) >= 11 is 0. The highest BCUT2D eigenvalue weighted by Gasteiger charge is 2.57. The third-order valence-electron chi connectivity index (χ3n) is 7.98. The second-order valence-corrected chi connectivity index (χ2v) is 10.1. The zero-order chi connectivity index (χ0) is 21.4. The molecule has 1 aromatic rings. The fourth-order valence-electron chi connectivity index (χ4n) is 6.12. The number of hydrogen-bond acceptors (Lipinski definition) is 5. The number of nitrogens with one attached hydrogen (secondary N) is 2. The molecule has 0 radical (unpaired) electrons. The molecule has 2 N–H and O–H groups in total. The molecule has 2 unspecified atom stereocenters. The van der Waals surface area contributed by atoms with E-state index in [1.807, 2.05) is 16.8 Å². The first-order valence-corrected chi connectivity index (χ1v) is 12.1. The number of carbonyl (C=O) groups is 2. The standard InChI is InChI=1S/C24H35N5O2/c1-28-21-20(26-21)27-24(23(28)31,11-7-17-5-3-2-4-6-17)15-18-10-14-29(16-18)22(30)19-8-12-25-13-9-19/h8-9,12-13,17-18,20-21,26-27H,2-7,10-11,14-16H2,1H3/t18-,20?,21?,24+/m1/s1. The Bertz CT molecular complexity index is 811. The third kappa shape index (κ3) is 4.22. The van der Waals surface area contributed by atoms with E-state index in [9.17, 15) is 9.59 Å². The second-order valence-electron chi connectivity index (χ2n) is 10.1. The maximum absolute atomic E-state index is 13.5. The average molecular weight is 426 g/mol. The molecular weight excluding hydrogens is 390 g/mol. The van der Waals surface area contributed by atoms with Crippen LogP contribution in [-0.4, -0.2) is 64.6 Å². The highest BCUT2D eigenvalue weighted by molar-refractivity contribution is 5.94. The van der Waals surface area contributed by atoms with Gasteiger partial charge in [0.2, 0.25) is 5.91 Å². The van der Waals surface area contributed by atoms with Gasteiger partial charge in [0.15, 0.2) is 0 Å². The highest BCUT2D eigenvalue weighted by Crippen LogP contribution is 2.38. The average Bonchev–Trinajstić information content (AvgIpc) is 3.43. The molecule has 4 atom stereocenters. The lowest BCUT2D eigenvalue weighted by Crippen LogP contribution is -2.64. The van der Waals surface area contributed by atoms with Crippen LogP contribution in [0.25, 0.3) is 0 Å². The number of rotatable bonds is 6. The van der Waals surface area contributed by atoms with Crippen LogP contribution in [0.5, 0.6) is 0 Å². The molecule has 2 amide bonds. The van der Waals surface area contributed by atoms with Crippen molar-refractivity contribution in [3.05, 3.63) is 30.1 Å². The van der Waals surface area contributed by atoms with Gasteiger partial charge in [-0.2, -0.15) is 0 Å². The first-order valence-electron chi connectivity index (χ1n) is 12.1. The Morgan fingerprint density at radius 2 is 1.94 bits per heavy atom. The van der Waals surface area contributed by atoms with Crippen LogP contribution in [0.2, 0.25) is 0 Å². The zero-order valence-electron chi connectivity index (χ0n) is 18.6. The molecule has 168 valence electrons. The minimum atomic E-state index is -0.503. The van der Waals surface area contributed by atoms with Gasteiger partial charge >= 0.3 is 0 Å². The first-order chi connectivity index (χ1) is 15.1. The summed E-state index contributed by atoms with van der Waals surface area (Å²) < 4.78 is 0. The van der Waals surface area contributed by atoms with Crippen molar-refractivity contribution in [1.82, 2.24) is 25.4 Å². The molecule has 0 bridgehead atoms. The molecule has 7 heteroatoms. The van der Waals surface area contributed by atoms with Crippen LogP contribution >= 0.6 is 0 Å². The molecule has 3 saturated heterocycles. The first kappa shape index (κ1) is 20.9. The van der Waals surface area contributed by atoms with Gasteiger partial charge in [0.25, 0.3) is 5.91 Å². The van der Waals surface area contributed by atoms with Crippen molar-refractivity contribution in [2.45, 2.75) is 75.7 Å². The maximum atomic E-state index is 13.5. The van der Waals surface area contributed by atoms with Gasteiger partial charge in [-0.3, -0.25) is 25.2 Å². The Morgan fingerprint density at radius 3 is 2.71 bits per heavy atom. The number of piperazine rings is 1. The number of hydrogen-bond donors (Lipinski definition) is 2. The van der Waals surface area contributed by atoms with Gasteiger partial charge in [0.05, 0.1) is 11.7 Å².